The first kappa shape index (κ1) is 12.2. The van der Waals surface area contributed by atoms with Crippen molar-refractivity contribution in [1.29, 1.82) is 0 Å². The van der Waals surface area contributed by atoms with Gasteiger partial charge in [0.1, 0.15) is 5.75 Å². The SMILES string of the molecule is NS(=O)(=O)c1ccc(Cl)c(OC(F)F)c1. The minimum absolute atomic E-state index is 0.122. The molecule has 2 N–H and O–H groups in total. The van der Waals surface area contributed by atoms with E-state index in [1.807, 2.05) is 0 Å². The number of benzene rings is 1. The monoisotopic (exact) mass is 257 g/mol. The minimum Gasteiger partial charge on any atom is -0.433 e. The van der Waals surface area contributed by atoms with E-state index in [1.165, 1.54) is 0 Å². The molecule has 1 rings (SSSR count). The van der Waals surface area contributed by atoms with Crippen LogP contribution in [0.25, 0.3) is 0 Å². The van der Waals surface area contributed by atoms with Crippen molar-refractivity contribution in [3.8, 4) is 5.75 Å². The van der Waals surface area contributed by atoms with E-state index in [1.54, 1.807) is 0 Å². The molecule has 0 bridgehead atoms. The van der Waals surface area contributed by atoms with E-state index in [2.05, 4.69) is 4.74 Å². The van der Waals surface area contributed by atoms with Gasteiger partial charge in [-0.15, -0.1) is 0 Å². The lowest BCUT2D eigenvalue weighted by Gasteiger charge is -2.07. The van der Waals surface area contributed by atoms with Crippen molar-refractivity contribution in [3.63, 3.8) is 0 Å². The molecular weight excluding hydrogens is 252 g/mol. The van der Waals surface area contributed by atoms with Crippen molar-refractivity contribution in [3.05, 3.63) is 23.2 Å². The quantitative estimate of drug-likeness (QED) is 0.894. The maximum atomic E-state index is 11.9. The number of sulfonamides is 1. The van der Waals surface area contributed by atoms with Gasteiger partial charge in [0.25, 0.3) is 0 Å². The Hall–Kier alpha value is -0.920. The first-order valence-electron chi connectivity index (χ1n) is 3.58. The largest absolute Gasteiger partial charge is 0.433 e. The molecule has 1 aromatic rings. The second kappa shape index (κ2) is 4.30. The van der Waals surface area contributed by atoms with Gasteiger partial charge in [-0.1, -0.05) is 11.6 Å². The van der Waals surface area contributed by atoms with Gasteiger partial charge in [0, 0.05) is 6.07 Å². The number of rotatable bonds is 3. The third-order valence-electron chi connectivity index (χ3n) is 1.45. The molecule has 0 saturated heterocycles. The van der Waals surface area contributed by atoms with E-state index >= 15 is 0 Å². The molecule has 0 unspecified atom stereocenters. The van der Waals surface area contributed by atoms with Gasteiger partial charge >= 0.3 is 6.61 Å². The van der Waals surface area contributed by atoms with Gasteiger partial charge in [0.2, 0.25) is 10.0 Å². The molecule has 0 aromatic heterocycles. The zero-order valence-electron chi connectivity index (χ0n) is 7.15. The summed E-state index contributed by atoms with van der Waals surface area (Å²) in [7, 11) is -3.96. The molecule has 15 heavy (non-hydrogen) atoms. The van der Waals surface area contributed by atoms with Crippen LogP contribution in [-0.4, -0.2) is 15.0 Å². The Bertz CT molecular complexity index is 463. The van der Waals surface area contributed by atoms with Crippen LogP contribution in [0.1, 0.15) is 0 Å². The van der Waals surface area contributed by atoms with Crippen molar-refractivity contribution in [2.75, 3.05) is 0 Å². The number of primary sulfonamides is 1. The van der Waals surface area contributed by atoms with E-state index in [4.69, 9.17) is 16.7 Å². The molecule has 0 aliphatic carbocycles. The standard InChI is InChI=1S/C7H6ClF2NO3S/c8-5-2-1-4(15(11,12)13)3-6(5)14-7(9)10/h1-3,7H,(H2,11,12,13). The minimum atomic E-state index is -3.96. The van der Waals surface area contributed by atoms with Crippen molar-refractivity contribution < 1.29 is 21.9 Å². The van der Waals surface area contributed by atoms with E-state index < -0.39 is 22.4 Å². The van der Waals surface area contributed by atoms with Crippen molar-refractivity contribution in [2.45, 2.75) is 11.5 Å². The number of hydrogen-bond donors (Lipinski definition) is 1. The van der Waals surface area contributed by atoms with Crippen LogP contribution < -0.4 is 9.88 Å². The van der Waals surface area contributed by atoms with Crippen LogP contribution in [0.2, 0.25) is 5.02 Å². The van der Waals surface area contributed by atoms with E-state index in [-0.39, 0.29) is 9.92 Å². The van der Waals surface area contributed by atoms with Crippen molar-refractivity contribution in [1.82, 2.24) is 0 Å². The van der Waals surface area contributed by atoms with Crippen LogP contribution in [0, 0.1) is 0 Å². The van der Waals surface area contributed by atoms with Crippen LogP contribution in [0.15, 0.2) is 23.1 Å². The second-order valence-electron chi connectivity index (χ2n) is 2.52. The summed E-state index contributed by atoms with van der Waals surface area (Å²) in [6.45, 7) is -3.08. The zero-order chi connectivity index (χ0) is 11.6. The van der Waals surface area contributed by atoms with Gasteiger partial charge in [-0.25, -0.2) is 13.6 Å². The fourth-order valence-electron chi connectivity index (χ4n) is 0.847. The van der Waals surface area contributed by atoms with Gasteiger partial charge in [0.15, 0.2) is 0 Å². The van der Waals surface area contributed by atoms with Crippen molar-refractivity contribution >= 4 is 21.6 Å². The molecule has 0 atom stereocenters. The molecule has 0 amide bonds. The summed E-state index contributed by atoms with van der Waals surface area (Å²) in [4.78, 5) is -0.345. The highest BCUT2D eigenvalue weighted by Crippen LogP contribution is 2.28. The molecule has 8 heteroatoms. The number of halogens is 3. The lowest BCUT2D eigenvalue weighted by molar-refractivity contribution is -0.0499. The topological polar surface area (TPSA) is 69.4 Å². The lowest BCUT2D eigenvalue weighted by Crippen LogP contribution is -2.12. The van der Waals surface area contributed by atoms with Crippen LogP contribution in [-0.2, 0) is 10.0 Å². The van der Waals surface area contributed by atoms with Gasteiger partial charge in [-0.05, 0) is 12.1 Å². The van der Waals surface area contributed by atoms with Gasteiger partial charge in [-0.2, -0.15) is 8.78 Å². The fraction of sp³-hybridized carbons (Fsp3) is 0.143. The average Bonchev–Trinajstić information content (AvgIpc) is 2.06. The molecule has 0 aliphatic rings. The normalized spacial score (nSPS) is 11.8. The van der Waals surface area contributed by atoms with Gasteiger partial charge in [-0.3, -0.25) is 0 Å². The molecule has 84 valence electrons. The summed E-state index contributed by atoms with van der Waals surface area (Å²) in [5.74, 6) is -0.432. The number of ether oxygens (including phenoxy) is 1. The Morgan fingerprint density at radius 3 is 2.47 bits per heavy atom. The molecule has 0 fully saturated rings. The summed E-state index contributed by atoms with van der Waals surface area (Å²) in [6, 6.07) is 3.04. The smallest absolute Gasteiger partial charge is 0.387 e. The van der Waals surface area contributed by atoms with Crippen LogP contribution >= 0.6 is 11.6 Å². The third-order valence-corrected chi connectivity index (χ3v) is 2.67. The Balaban J connectivity index is 3.17. The predicted molar refractivity (Wildman–Crippen MR) is 49.5 cm³/mol. The number of hydrogen-bond acceptors (Lipinski definition) is 3. The van der Waals surface area contributed by atoms with E-state index in [0.717, 1.165) is 18.2 Å². The lowest BCUT2D eigenvalue weighted by atomic mass is 10.3. The molecule has 0 saturated carbocycles. The molecule has 0 spiro atoms. The Labute approximate surface area is 89.6 Å². The summed E-state index contributed by atoms with van der Waals surface area (Å²) in [6.07, 6.45) is 0. The Morgan fingerprint density at radius 1 is 1.40 bits per heavy atom. The fourth-order valence-corrected chi connectivity index (χ4v) is 1.54. The average molecular weight is 258 g/mol. The first-order chi connectivity index (χ1) is 6.80. The molecule has 4 nitrogen and oxygen atoms in total. The highest BCUT2D eigenvalue weighted by molar-refractivity contribution is 7.89. The van der Waals surface area contributed by atoms with E-state index in [0.29, 0.717) is 0 Å². The Kier molecular flexibility index (Phi) is 3.48. The van der Waals surface area contributed by atoms with Gasteiger partial charge in [0.05, 0.1) is 9.92 Å². The molecule has 1 aromatic carbocycles. The third kappa shape index (κ3) is 3.29. The number of alkyl halides is 2. The second-order valence-corrected chi connectivity index (χ2v) is 4.48. The summed E-state index contributed by atoms with van der Waals surface area (Å²) in [5, 5.41) is 4.67. The zero-order valence-corrected chi connectivity index (χ0v) is 8.73. The molecule has 0 aliphatic heterocycles. The molecule has 0 heterocycles. The maximum Gasteiger partial charge on any atom is 0.387 e. The van der Waals surface area contributed by atoms with Crippen LogP contribution in [0.3, 0.4) is 0 Å². The summed E-state index contributed by atoms with van der Waals surface area (Å²) in [5.41, 5.74) is 0. The number of nitrogens with two attached hydrogens (primary N) is 1. The highest BCUT2D eigenvalue weighted by atomic mass is 35.5. The van der Waals surface area contributed by atoms with E-state index in [9.17, 15) is 17.2 Å². The predicted octanol–water partition coefficient (Wildman–Crippen LogP) is 1.59. The molecular formula is C7H6ClF2NO3S. The summed E-state index contributed by atoms with van der Waals surface area (Å²) < 4.78 is 49.5. The van der Waals surface area contributed by atoms with Gasteiger partial charge < -0.3 is 4.74 Å². The van der Waals surface area contributed by atoms with Crippen LogP contribution in [0.5, 0.6) is 5.75 Å². The summed E-state index contributed by atoms with van der Waals surface area (Å²) >= 11 is 5.50. The highest BCUT2D eigenvalue weighted by Gasteiger charge is 2.14. The molecule has 0 radical (unpaired) electrons. The Morgan fingerprint density at radius 2 is 2.00 bits per heavy atom. The maximum absolute atomic E-state index is 11.9. The van der Waals surface area contributed by atoms with Crippen LogP contribution in [0.4, 0.5) is 8.78 Å². The first-order valence-corrected chi connectivity index (χ1v) is 5.50. The van der Waals surface area contributed by atoms with Crippen molar-refractivity contribution in [2.24, 2.45) is 5.14 Å².